The Labute approximate surface area is 534 Å². The number of unbranched alkanes of at least 4 members (excludes halogenated alkanes) is 1. The molecule has 14 atom stereocenters. The minimum absolute atomic E-state index is 0.0269. The predicted molar refractivity (Wildman–Crippen MR) is 322 cm³/mol. The van der Waals surface area contributed by atoms with E-state index >= 15 is 0 Å². The summed E-state index contributed by atoms with van der Waals surface area (Å²) in [6.45, 7) is 3.36. The summed E-state index contributed by atoms with van der Waals surface area (Å²) in [4.78, 5) is 115. The van der Waals surface area contributed by atoms with Crippen LogP contribution in [0.1, 0.15) is 74.9 Å². The van der Waals surface area contributed by atoms with Crippen molar-refractivity contribution in [1.29, 1.82) is 0 Å². The molecule has 1 aromatic heterocycles. The number of nitrogens with zero attached hydrogens (tertiary/aromatic N) is 4. The van der Waals surface area contributed by atoms with E-state index in [1.54, 1.807) is 0 Å². The third-order valence-electron chi connectivity index (χ3n) is 15.8. The minimum Gasteiger partial charge on any atom is -0.504 e. The molecular weight excluding hydrogens is 1240 g/mol. The normalized spacial score (nSPS) is 24.8. The Kier molecular flexibility index (Phi) is 23.8. The van der Waals surface area contributed by atoms with Crippen molar-refractivity contribution < 1.29 is 107 Å². The van der Waals surface area contributed by atoms with Crippen LogP contribution in [-0.2, 0) is 42.9 Å². The molecule has 93 heavy (non-hydrogen) atoms. The van der Waals surface area contributed by atoms with E-state index in [0.717, 1.165) is 59.7 Å². The monoisotopic (exact) mass is 1320 g/mol. The number of rotatable bonds is 20. The number of β-amino-alcohol motifs (C(OH)–C–C–N with tert-alkyl or cyclic N) is 1. The van der Waals surface area contributed by atoms with Gasteiger partial charge in [0.15, 0.2) is 11.5 Å². The number of ether oxygens (including phenoxy) is 1. The van der Waals surface area contributed by atoms with Crippen LogP contribution in [0.2, 0.25) is 0 Å². The number of phenols is 1. The molecule has 33 heteroatoms. The first kappa shape index (κ1) is 70.0. The number of aliphatic hydroxyl groups is 7. The van der Waals surface area contributed by atoms with Crippen LogP contribution in [0.15, 0.2) is 95.4 Å². The number of hydrogen-bond donors (Lipinski definition) is 15. The molecule has 0 radical (unpaired) electrons. The van der Waals surface area contributed by atoms with Gasteiger partial charge in [0.1, 0.15) is 54.2 Å². The number of fused-ring (bicyclic) bond motifs is 2. The molecule has 8 amide bonds. The summed E-state index contributed by atoms with van der Waals surface area (Å²) in [5.41, 5.74) is 7.86. The molecule has 500 valence electrons. The quantitative estimate of drug-likeness (QED) is 0.0185. The molecule has 3 saturated heterocycles. The summed E-state index contributed by atoms with van der Waals surface area (Å²) in [7, 11) is 0. The number of amides is 8. The van der Waals surface area contributed by atoms with Crippen molar-refractivity contribution in [2.24, 2.45) is 11.7 Å². The topological polar surface area (TPSA) is 487 Å². The lowest BCUT2D eigenvalue weighted by Crippen LogP contribution is -2.64. The lowest BCUT2D eigenvalue weighted by molar-refractivity contribution is -0.433. The molecule has 3 aliphatic heterocycles. The summed E-state index contributed by atoms with van der Waals surface area (Å²) in [5.74, 6) is -11.0. The Morgan fingerprint density at radius 1 is 0.753 bits per heavy atom. The van der Waals surface area contributed by atoms with Crippen LogP contribution in [-0.4, -0.2) is 212 Å². The number of nitrogens with one attached hydrogen (secondary N) is 5. The van der Waals surface area contributed by atoms with Gasteiger partial charge in [0.05, 0.1) is 43.5 Å². The van der Waals surface area contributed by atoms with Gasteiger partial charge in [-0.2, -0.15) is 0 Å². The van der Waals surface area contributed by atoms with Gasteiger partial charge in [-0.15, -0.1) is 10.2 Å². The molecule has 14 unspecified atom stereocenters. The maximum Gasteiger partial charge on any atom is 0.261 e. The fourth-order valence-corrected chi connectivity index (χ4v) is 11.0. The highest BCUT2D eigenvalue weighted by Crippen LogP contribution is 2.35. The number of carbonyl (C=O) groups is 8. The summed E-state index contributed by atoms with van der Waals surface area (Å²) in [6, 6.07) is 11.4. The second-order valence-corrected chi connectivity index (χ2v) is 23.1. The van der Waals surface area contributed by atoms with E-state index in [1.807, 2.05) is 48.5 Å². The first-order valence-corrected chi connectivity index (χ1v) is 30.1. The van der Waals surface area contributed by atoms with Crippen molar-refractivity contribution in [3.05, 3.63) is 102 Å². The first-order chi connectivity index (χ1) is 44.4. The number of aromatic hydroxyl groups is 1. The van der Waals surface area contributed by atoms with Crippen LogP contribution in [0, 0.1) is 5.92 Å². The van der Waals surface area contributed by atoms with Crippen LogP contribution < -0.4 is 41.2 Å². The first-order valence-electron chi connectivity index (χ1n) is 29.4. The van der Waals surface area contributed by atoms with Gasteiger partial charge in [-0.25, -0.2) is 5.26 Å². The standard InChI is InChI=1S/C60H72N10O22S/c1-4-5-20-88-38-17-14-31(15-18-38)30-6-10-33(11-7-30)57-67-68-58(89-57)34-12-8-32(9-13-34)52(80)63-39-22-36(72)25-62-56(84)48-49(77)28(2)26-70(48)60(86)46(42(75)24-44(61)76)65-55(83)47(51(79)50(78)35-16-19-41(74)43(21-35)90-93-92-91-87)66-54(82)40-23-37(73)27-69(40)59(85)45(29(3)71)64-53(39)81/h6-19,21,28-29,36-37,39-40,42,45-51,71-75,77-79,87H,4-5,20,22-27H2,1-3H3,(H2,61,76)(H,62,84)(H,63,80)(H,64,81)(H,65,83)(H,66,82). The molecule has 5 aromatic rings. The zero-order valence-electron chi connectivity index (χ0n) is 50.2. The maximum absolute atomic E-state index is 14.7. The molecule has 0 saturated carbocycles. The Balaban J connectivity index is 1.07. The smallest absolute Gasteiger partial charge is 0.261 e. The van der Waals surface area contributed by atoms with Crippen molar-refractivity contribution in [3.8, 4) is 51.3 Å². The van der Waals surface area contributed by atoms with E-state index in [0.29, 0.717) is 22.6 Å². The van der Waals surface area contributed by atoms with Crippen LogP contribution >= 0.6 is 12.3 Å². The van der Waals surface area contributed by atoms with Gasteiger partial charge in [-0.3, -0.25) is 38.4 Å². The highest BCUT2D eigenvalue weighted by atomic mass is 32.2. The third kappa shape index (κ3) is 17.2. The highest BCUT2D eigenvalue weighted by molar-refractivity contribution is 7.90. The molecule has 16 N–H and O–H groups in total. The Hall–Kier alpha value is -8.87. The molecule has 3 aliphatic rings. The molecule has 0 spiro atoms. The third-order valence-corrected chi connectivity index (χ3v) is 16.2. The average molecular weight is 1320 g/mol. The van der Waals surface area contributed by atoms with Crippen LogP contribution in [0.4, 0.5) is 0 Å². The number of hydrogen-bond acceptors (Lipinski definition) is 25. The molecule has 0 bridgehead atoms. The fourth-order valence-electron chi connectivity index (χ4n) is 10.8. The SMILES string of the molecule is CCCCOc1ccc(-c2ccc(-c3nnc(-c4ccc(C(=O)NC5CC(O)CNC(=O)C6C(O)C(C)CN6C(=O)C(C(O)CC(N)=O)NC(=O)C(C(O)C(O)c6ccc(O)c(OSOOO)c6)NC(=O)C6CC(O)CN6C(=O)C(C(C)O)NC5=O)cc4)o3)cc2)cc1. The van der Waals surface area contributed by atoms with Gasteiger partial charge in [-0.05, 0) is 90.7 Å². The van der Waals surface area contributed by atoms with Crippen molar-refractivity contribution in [2.75, 3.05) is 26.2 Å². The minimum atomic E-state index is -2.54. The van der Waals surface area contributed by atoms with E-state index in [-0.39, 0.29) is 35.2 Å². The van der Waals surface area contributed by atoms with E-state index in [4.69, 9.17) is 24.3 Å². The van der Waals surface area contributed by atoms with Gasteiger partial charge in [-0.1, -0.05) is 60.0 Å². The van der Waals surface area contributed by atoms with Gasteiger partial charge in [0.25, 0.3) is 18.2 Å². The second kappa shape index (κ2) is 31.6. The zero-order chi connectivity index (χ0) is 67.4. The highest BCUT2D eigenvalue weighted by Gasteiger charge is 2.50. The number of benzene rings is 4. The lowest BCUT2D eigenvalue weighted by Gasteiger charge is -2.34. The number of primary amides is 1. The van der Waals surface area contributed by atoms with Crippen molar-refractivity contribution in [1.82, 2.24) is 46.6 Å². The van der Waals surface area contributed by atoms with E-state index in [9.17, 15) is 79.2 Å². The van der Waals surface area contributed by atoms with Gasteiger partial charge >= 0.3 is 0 Å². The van der Waals surface area contributed by atoms with E-state index in [1.165, 1.54) is 31.2 Å². The summed E-state index contributed by atoms with van der Waals surface area (Å²) in [6.07, 6.45) is -14.3. The number of carbonyl (C=O) groups excluding carboxylic acids is 8. The molecule has 32 nitrogen and oxygen atoms in total. The lowest BCUT2D eigenvalue weighted by atomic mass is 9.96. The molecule has 4 aromatic carbocycles. The fraction of sp³-hybridized carbons (Fsp3) is 0.433. The average Bonchev–Trinajstić information content (AvgIpc) is 1.71. The van der Waals surface area contributed by atoms with Crippen molar-refractivity contribution in [3.63, 3.8) is 0 Å². The number of aromatic nitrogens is 2. The largest absolute Gasteiger partial charge is 0.504 e. The summed E-state index contributed by atoms with van der Waals surface area (Å²) < 4.78 is 21.0. The van der Waals surface area contributed by atoms with Crippen LogP contribution in [0.25, 0.3) is 34.0 Å². The number of nitrogens with two attached hydrogens (primary N) is 1. The molecular formula is C60H72N10O22S. The summed E-state index contributed by atoms with van der Waals surface area (Å²) >= 11 is -0.0269. The number of aliphatic hydroxyl groups excluding tert-OH is 7. The summed E-state index contributed by atoms with van der Waals surface area (Å²) in [5, 5.41) is 122. The van der Waals surface area contributed by atoms with Crippen molar-refractivity contribution >= 4 is 59.6 Å². The van der Waals surface area contributed by atoms with Crippen molar-refractivity contribution in [2.45, 2.75) is 132 Å². The maximum atomic E-state index is 14.7. The second-order valence-electron chi connectivity index (χ2n) is 22.6. The Morgan fingerprint density at radius 2 is 1.35 bits per heavy atom. The Bertz CT molecular complexity index is 3460. The van der Waals surface area contributed by atoms with E-state index in [2.05, 4.69) is 53.1 Å². The predicted octanol–water partition coefficient (Wildman–Crippen LogP) is -1.37. The Morgan fingerprint density at radius 3 is 1.98 bits per heavy atom. The molecule has 4 heterocycles. The van der Waals surface area contributed by atoms with Gasteiger partial charge in [0, 0.05) is 55.1 Å². The molecule has 3 fully saturated rings. The number of phenolic OH excluding ortho intramolecular Hbond substituents is 1. The van der Waals surface area contributed by atoms with Crippen LogP contribution in [0.3, 0.4) is 0 Å². The van der Waals surface area contributed by atoms with Gasteiger partial charge in [0.2, 0.25) is 53.1 Å². The zero-order valence-corrected chi connectivity index (χ0v) is 51.0. The van der Waals surface area contributed by atoms with Gasteiger partial charge < -0.3 is 96.3 Å². The van der Waals surface area contributed by atoms with E-state index < -0.39 is 183 Å². The van der Waals surface area contributed by atoms with Crippen LogP contribution in [0.5, 0.6) is 17.2 Å². The molecule has 8 rings (SSSR count). The molecule has 0 aliphatic carbocycles.